The first-order valence-electron chi connectivity index (χ1n) is 8.41. The van der Waals surface area contributed by atoms with Gasteiger partial charge in [-0.2, -0.15) is 0 Å². The Morgan fingerprint density at radius 2 is 1.88 bits per heavy atom. The van der Waals surface area contributed by atoms with Gasteiger partial charge in [0.2, 0.25) is 0 Å². The van der Waals surface area contributed by atoms with Crippen LogP contribution in [0.5, 0.6) is 0 Å². The largest absolute Gasteiger partial charge is 0.292 e. The number of carbonyl (C=O) groups excluding carboxylic acids is 1. The van der Waals surface area contributed by atoms with E-state index in [2.05, 4.69) is 4.98 Å². The highest BCUT2D eigenvalue weighted by molar-refractivity contribution is 6.31. The van der Waals surface area contributed by atoms with Crippen LogP contribution in [0.4, 0.5) is 0 Å². The minimum atomic E-state index is -0.251. The van der Waals surface area contributed by atoms with E-state index in [-0.39, 0.29) is 17.9 Å². The lowest BCUT2D eigenvalue weighted by atomic mass is 9.90. The van der Waals surface area contributed by atoms with Gasteiger partial charge in [0, 0.05) is 10.6 Å². The number of carbonyl (C=O) groups is 1. The number of aryl methyl sites for hydroxylation is 2. The monoisotopic (exact) mass is 352 g/mol. The number of nitrogens with zero attached hydrogens (tertiary/aromatic N) is 2. The summed E-state index contributed by atoms with van der Waals surface area (Å²) in [6, 6.07) is 10.9. The Morgan fingerprint density at radius 3 is 2.72 bits per heavy atom. The molecule has 4 nitrogen and oxygen atoms in total. The van der Waals surface area contributed by atoms with Gasteiger partial charge in [-0.3, -0.25) is 14.2 Å². The predicted molar refractivity (Wildman–Crippen MR) is 98.4 cm³/mol. The van der Waals surface area contributed by atoms with Gasteiger partial charge in [0.1, 0.15) is 0 Å². The summed E-state index contributed by atoms with van der Waals surface area (Å²) in [5.41, 5.74) is 3.57. The van der Waals surface area contributed by atoms with Gasteiger partial charge in [-0.15, -0.1) is 0 Å². The molecular weight excluding hydrogens is 336 g/mol. The van der Waals surface area contributed by atoms with E-state index in [4.69, 9.17) is 11.6 Å². The first kappa shape index (κ1) is 16.0. The summed E-state index contributed by atoms with van der Waals surface area (Å²) >= 11 is 5.97. The van der Waals surface area contributed by atoms with Gasteiger partial charge in [-0.05, 0) is 61.1 Å². The normalized spacial score (nSPS) is 13.6. The highest BCUT2D eigenvalue weighted by Crippen LogP contribution is 2.22. The average Bonchev–Trinajstić information content (AvgIpc) is 2.64. The highest BCUT2D eigenvalue weighted by atomic mass is 35.5. The van der Waals surface area contributed by atoms with E-state index in [1.165, 1.54) is 34.9 Å². The Kier molecular flexibility index (Phi) is 4.14. The SMILES string of the molecule is O=C(Cn1cnc2ccc(Cl)cc2c1=O)c1ccc2c(c1)CCCC2. The van der Waals surface area contributed by atoms with Gasteiger partial charge in [0.15, 0.2) is 5.78 Å². The third-order valence-corrected chi connectivity index (χ3v) is 5.01. The molecule has 4 rings (SSSR count). The number of rotatable bonds is 3. The van der Waals surface area contributed by atoms with E-state index in [0.29, 0.717) is 21.5 Å². The van der Waals surface area contributed by atoms with Crippen molar-refractivity contribution in [2.75, 3.05) is 0 Å². The fraction of sp³-hybridized carbons (Fsp3) is 0.250. The summed E-state index contributed by atoms with van der Waals surface area (Å²) in [4.78, 5) is 29.5. The van der Waals surface area contributed by atoms with Gasteiger partial charge in [-0.1, -0.05) is 23.7 Å². The molecule has 0 saturated carbocycles. The fourth-order valence-corrected chi connectivity index (χ4v) is 3.57. The predicted octanol–water partition coefficient (Wildman–Crippen LogP) is 3.81. The van der Waals surface area contributed by atoms with Gasteiger partial charge >= 0.3 is 0 Å². The molecule has 1 aliphatic rings. The standard InChI is InChI=1S/C20H17ClN2O2/c21-16-7-8-18-17(10-16)20(25)23(12-22-18)11-19(24)15-6-5-13-3-1-2-4-14(13)9-15/h5-10,12H,1-4,11H2. The van der Waals surface area contributed by atoms with Gasteiger partial charge in [0.05, 0.1) is 23.8 Å². The zero-order valence-corrected chi connectivity index (χ0v) is 14.4. The molecule has 0 radical (unpaired) electrons. The maximum Gasteiger partial charge on any atom is 0.261 e. The molecule has 0 bridgehead atoms. The zero-order chi connectivity index (χ0) is 17.4. The Labute approximate surface area is 150 Å². The van der Waals surface area contributed by atoms with Crippen molar-refractivity contribution in [3.8, 4) is 0 Å². The number of hydrogen-bond acceptors (Lipinski definition) is 3. The molecule has 1 aliphatic carbocycles. The van der Waals surface area contributed by atoms with Crippen LogP contribution in [0, 0.1) is 0 Å². The maximum atomic E-state index is 12.6. The lowest BCUT2D eigenvalue weighted by molar-refractivity contribution is 0.0970. The number of Topliss-reactive ketones (excluding diaryl/α,β-unsaturated/α-hetero) is 1. The van der Waals surface area contributed by atoms with Crippen molar-refractivity contribution in [2.45, 2.75) is 32.2 Å². The third kappa shape index (κ3) is 3.10. The Balaban J connectivity index is 1.66. The molecule has 2 aromatic carbocycles. The zero-order valence-electron chi connectivity index (χ0n) is 13.7. The maximum absolute atomic E-state index is 12.6. The van der Waals surface area contributed by atoms with Crippen molar-refractivity contribution in [3.63, 3.8) is 0 Å². The average molecular weight is 353 g/mol. The molecule has 0 saturated heterocycles. The van der Waals surface area contributed by atoms with Gasteiger partial charge < -0.3 is 0 Å². The van der Waals surface area contributed by atoms with Crippen LogP contribution in [-0.2, 0) is 19.4 Å². The van der Waals surface area contributed by atoms with E-state index in [9.17, 15) is 9.59 Å². The lowest BCUT2D eigenvalue weighted by Crippen LogP contribution is -2.24. The molecular formula is C20H17ClN2O2. The number of fused-ring (bicyclic) bond motifs is 2. The van der Waals surface area contributed by atoms with E-state index in [0.717, 1.165) is 12.8 Å². The van der Waals surface area contributed by atoms with Crippen LogP contribution in [0.15, 0.2) is 47.5 Å². The van der Waals surface area contributed by atoms with Crippen LogP contribution in [0.2, 0.25) is 5.02 Å². The molecule has 126 valence electrons. The Bertz CT molecular complexity index is 1040. The molecule has 0 spiro atoms. The molecule has 3 aromatic rings. The molecule has 0 amide bonds. The summed E-state index contributed by atoms with van der Waals surface area (Å²) in [5.74, 6) is -0.0846. The molecule has 1 heterocycles. The van der Waals surface area contributed by atoms with Crippen LogP contribution in [0.1, 0.15) is 34.3 Å². The van der Waals surface area contributed by atoms with Crippen molar-refractivity contribution in [2.24, 2.45) is 0 Å². The molecule has 0 fully saturated rings. The number of aromatic nitrogens is 2. The molecule has 0 aliphatic heterocycles. The number of benzene rings is 2. The number of halogens is 1. The van der Waals surface area contributed by atoms with Gasteiger partial charge in [0.25, 0.3) is 5.56 Å². The minimum absolute atomic E-state index is 0.0208. The summed E-state index contributed by atoms with van der Waals surface area (Å²) in [6.45, 7) is -0.0208. The molecule has 0 N–H and O–H groups in total. The second kappa shape index (κ2) is 6.45. The van der Waals surface area contributed by atoms with Crippen molar-refractivity contribution < 1.29 is 4.79 Å². The van der Waals surface area contributed by atoms with E-state index < -0.39 is 0 Å². The third-order valence-electron chi connectivity index (χ3n) is 4.77. The summed E-state index contributed by atoms with van der Waals surface area (Å²) in [6.07, 6.45) is 5.90. The topological polar surface area (TPSA) is 52.0 Å². The molecule has 0 atom stereocenters. The molecule has 1 aromatic heterocycles. The second-order valence-electron chi connectivity index (χ2n) is 6.45. The Hall–Kier alpha value is -2.46. The smallest absolute Gasteiger partial charge is 0.261 e. The lowest BCUT2D eigenvalue weighted by Gasteiger charge is -2.16. The first-order chi connectivity index (χ1) is 12.1. The van der Waals surface area contributed by atoms with E-state index in [1.807, 2.05) is 18.2 Å². The fourth-order valence-electron chi connectivity index (χ4n) is 3.40. The van der Waals surface area contributed by atoms with Crippen LogP contribution in [0.3, 0.4) is 0 Å². The van der Waals surface area contributed by atoms with Crippen LogP contribution in [0.25, 0.3) is 10.9 Å². The molecule has 5 heteroatoms. The summed E-state index contributed by atoms with van der Waals surface area (Å²) in [7, 11) is 0. The molecule has 25 heavy (non-hydrogen) atoms. The van der Waals surface area contributed by atoms with E-state index in [1.54, 1.807) is 18.2 Å². The van der Waals surface area contributed by atoms with E-state index >= 15 is 0 Å². The van der Waals surface area contributed by atoms with Crippen molar-refractivity contribution >= 4 is 28.3 Å². The van der Waals surface area contributed by atoms with Crippen molar-refractivity contribution in [3.05, 3.63) is 74.8 Å². The highest BCUT2D eigenvalue weighted by Gasteiger charge is 2.14. The Morgan fingerprint density at radius 1 is 1.08 bits per heavy atom. The summed E-state index contributed by atoms with van der Waals surface area (Å²) in [5, 5.41) is 0.901. The van der Waals surface area contributed by atoms with Crippen LogP contribution < -0.4 is 5.56 Å². The van der Waals surface area contributed by atoms with Gasteiger partial charge in [-0.25, -0.2) is 4.98 Å². The van der Waals surface area contributed by atoms with Crippen LogP contribution >= 0.6 is 11.6 Å². The minimum Gasteiger partial charge on any atom is -0.292 e. The van der Waals surface area contributed by atoms with Crippen molar-refractivity contribution in [1.82, 2.24) is 9.55 Å². The second-order valence-corrected chi connectivity index (χ2v) is 6.89. The van der Waals surface area contributed by atoms with Crippen LogP contribution in [-0.4, -0.2) is 15.3 Å². The first-order valence-corrected chi connectivity index (χ1v) is 8.79. The summed E-state index contributed by atoms with van der Waals surface area (Å²) < 4.78 is 1.35. The van der Waals surface area contributed by atoms with Crippen molar-refractivity contribution in [1.29, 1.82) is 0 Å². The number of ketones is 1. The molecule has 0 unspecified atom stereocenters. The quantitative estimate of drug-likeness (QED) is 0.673. The number of hydrogen-bond donors (Lipinski definition) is 0.